The predicted molar refractivity (Wildman–Crippen MR) is 122 cm³/mol. The van der Waals surface area contributed by atoms with Crippen molar-refractivity contribution >= 4 is 34.2 Å². The highest BCUT2D eigenvalue weighted by Crippen LogP contribution is 2.24. The quantitative estimate of drug-likeness (QED) is 0.445. The first-order valence-electron chi connectivity index (χ1n) is 10.2. The standard InChI is InChI=1S/C23H18N6O3S/c1-14-18(13-24-29(14)15-7-3-2-4-8-15)20(30)25-23-27-26-19(33-23)11-12-28-21(31)16-9-5-6-10-17(16)22(28)32/h2-10,13H,11-12H2,1H3,(H,25,27,30). The van der Waals surface area contributed by atoms with Crippen molar-refractivity contribution in [2.45, 2.75) is 13.3 Å². The highest BCUT2D eigenvalue weighted by Gasteiger charge is 2.34. The van der Waals surface area contributed by atoms with Gasteiger partial charge in [-0.1, -0.05) is 41.7 Å². The van der Waals surface area contributed by atoms with Crippen molar-refractivity contribution < 1.29 is 14.4 Å². The van der Waals surface area contributed by atoms with E-state index in [9.17, 15) is 14.4 Å². The summed E-state index contributed by atoms with van der Waals surface area (Å²) in [5.74, 6) is -0.947. The topological polar surface area (TPSA) is 110 Å². The number of hydrogen-bond donors (Lipinski definition) is 1. The van der Waals surface area contributed by atoms with Gasteiger partial charge in [0.25, 0.3) is 17.7 Å². The Bertz CT molecular complexity index is 1340. The van der Waals surface area contributed by atoms with Crippen LogP contribution >= 0.6 is 11.3 Å². The number of aromatic nitrogens is 4. The van der Waals surface area contributed by atoms with Gasteiger partial charge in [0, 0.05) is 13.0 Å². The SMILES string of the molecule is Cc1c(C(=O)Nc2nnc(CCN3C(=O)c4ccccc4C3=O)s2)cnn1-c1ccccc1. The van der Waals surface area contributed by atoms with Crippen LogP contribution in [-0.4, -0.2) is 49.1 Å². The summed E-state index contributed by atoms with van der Waals surface area (Å²) < 4.78 is 1.70. The van der Waals surface area contributed by atoms with E-state index in [-0.39, 0.29) is 24.3 Å². The minimum atomic E-state index is -0.335. The van der Waals surface area contributed by atoms with Gasteiger partial charge in [-0.3, -0.25) is 24.6 Å². The fourth-order valence-corrected chi connectivity index (χ4v) is 4.40. The van der Waals surface area contributed by atoms with Crippen LogP contribution in [0.3, 0.4) is 0 Å². The smallest absolute Gasteiger partial charge is 0.261 e. The minimum absolute atomic E-state index is 0.192. The van der Waals surface area contributed by atoms with Crippen molar-refractivity contribution in [1.82, 2.24) is 24.9 Å². The van der Waals surface area contributed by atoms with Crippen molar-refractivity contribution in [2.24, 2.45) is 0 Å². The number of anilines is 1. The number of nitrogens with zero attached hydrogens (tertiary/aromatic N) is 5. The molecule has 1 aliphatic heterocycles. The number of benzene rings is 2. The Morgan fingerprint density at radius 2 is 1.64 bits per heavy atom. The Morgan fingerprint density at radius 1 is 0.970 bits per heavy atom. The third-order valence-corrected chi connectivity index (χ3v) is 6.27. The molecule has 5 rings (SSSR count). The summed E-state index contributed by atoms with van der Waals surface area (Å²) in [7, 11) is 0. The van der Waals surface area contributed by atoms with Gasteiger partial charge in [-0.2, -0.15) is 5.10 Å². The lowest BCUT2D eigenvalue weighted by atomic mass is 10.1. The van der Waals surface area contributed by atoms with Crippen LogP contribution in [-0.2, 0) is 6.42 Å². The molecule has 0 saturated heterocycles. The fourth-order valence-electron chi connectivity index (χ4n) is 3.68. The number of carbonyl (C=O) groups is 3. The predicted octanol–water partition coefficient (Wildman–Crippen LogP) is 3.12. The van der Waals surface area contributed by atoms with E-state index in [4.69, 9.17) is 0 Å². The molecule has 9 nitrogen and oxygen atoms in total. The molecule has 33 heavy (non-hydrogen) atoms. The van der Waals surface area contributed by atoms with Gasteiger partial charge in [-0.25, -0.2) is 4.68 Å². The van der Waals surface area contributed by atoms with Gasteiger partial charge in [0.1, 0.15) is 5.01 Å². The highest BCUT2D eigenvalue weighted by atomic mass is 32.1. The molecule has 164 valence electrons. The lowest BCUT2D eigenvalue weighted by molar-refractivity contribution is 0.0655. The lowest BCUT2D eigenvalue weighted by Crippen LogP contribution is -2.31. The van der Waals surface area contributed by atoms with Crippen LogP contribution in [0.15, 0.2) is 60.8 Å². The maximum atomic E-state index is 12.7. The zero-order valence-corrected chi connectivity index (χ0v) is 18.4. The summed E-state index contributed by atoms with van der Waals surface area (Å²) in [6.07, 6.45) is 1.87. The summed E-state index contributed by atoms with van der Waals surface area (Å²) in [6, 6.07) is 16.3. The molecular formula is C23H18N6O3S. The van der Waals surface area contributed by atoms with E-state index in [2.05, 4.69) is 20.6 Å². The van der Waals surface area contributed by atoms with Crippen molar-refractivity contribution in [3.63, 3.8) is 0 Å². The fraction of sp³-hybridized carbons (Fsp3) is 0.130. The molecule has 0 fully saturated rings. The van der Waals surface area contributed by atoms with Crippen molar-refractivity contribution in [3.8, 4) is 5.69 Å². The van der Waals surface area contributed by atoms with Crippen molar-refractivity contribution in [1.29, 1.82) is 0 Å². The molecule has 0 radical (unpaired) electrons. The normalized spacial score (nSPS) is 12.8. The number of rotatable bonds is 6. The molecule has 1 N–H and O–H groups in total. The number of amides is 3. The summed E-state index contributed by atoms with van der Waals surface area (Å²) >= 11 is 1.20. The van der Waals surface area contributed by atoms with Crippen LogP contribution in [0.5, 0.6) is 0 Å². The van der Waals surface area contributed by atoms with Crippen LogP contribution in [0.4, 0.5) is 5.13 Å². The average Bonchev–Trinajstić information content (AvgIpc) is 3.51. The number of imide groups is 1. The van der Waals surface area contributed by atoms with E-state index >= 15 is 0 Å². The van der Waals surface area contributed by atoms with E-state index in [1.807, 2.05) is 37.3 Å². The highest BCUT2D eigenvalue weighted by molar-refractivity contribution is 7.15. The summed E-state index contributed by atoms with van der Waals surface area (Å²) in [5, 5.41) is 16.1. The molecule has 0 saturated carbocycles. The molecule has 2 aromatic heterocycles. The van der Waals surface area contributed by atoms with Gasteiger partial charge in [-0.15, -0.1) is 10.2 Å². The Labute approximate surface area is 192 Å². The molecule has 0 aliphatic carbocycles. The molecule has 1 aliphatic rings. The van der Waals surface area contributed by atoms with Crippen molar-refractivity contribution in [3.05, 3.63) is 88.2 Å². The van der Waals surface area contributed by atoms with E-state index < -0.39 is 0 Å². The number of carbonyl (C=O) groups excluding carboxylic acids is 3. The molecular weight excluding hydrogens is 440 g/mol. The van der Waals surface area contributed by atoms with Gasteiger partial charge in [0.05, 0.1) is 34.3 Å². The Morgan fingerprint density at radius 3 is 2.33 bits per heavy atom. The maximum absolute atomic E-state index is 12.7. The molecule has 3 amide bonds. The van der Waals surface area contributed by atoms with Gasteiger partial charge >= 0.3 is 0 Å². The minimum Gasteiger partial charge on any atom is -0.296 e. The number of para-hydroxylation sites is 1. The summed E-state index contributed by atoms with van der Waals surface area (Å²) in [6.45, 7) is 2.01. The monoisotopic (exact) mass is 458 g/mol. The number of nitrogens with one attached hydrogen (secondary N) is 1. The van der Waals surface area contributed by atoms with Crippen LogP contribution in [0.2, 0.25) is 0 Å². The van der Waals surface area contributed by atoms with Gasteiger partial charge < -0.3 is 0 Å². The van der Waals surface area contributed by atoms with Crippen LogP contribution in [0.25, 0.3) is 5.69 Å². The second kappa shape index (κ2) is 8.40. The molecule has 0 spiro atoms. The van der Waals surface area contributed by atoms with E-state index in [0.29, 0.717) is 38.9 Å². The third kappa shape index (κ3) is 3.80. The Kier molecular flexibility index (Phi) is 5.27. The number of hydrogen-bond acceptors (Lipinski definition) is 7. The first-order valence-corrected chi connectivity index (χ1v) is 11.0. The summed E-state index contributed by atoms with van der Waals surface area (Å²) in [5.41, 5.74) is 2.83. The first kappa shape index (κ1) is 20.7. The maximum Gasteiger partial charge on any atom is 0.261 e. The van der Waals surface area contributed by atoms with E-state index in [1.165, 1.54) is 22.4 Å². The van der Waals surface area contributed by atoms with Crippen LogP contribution < -0.4 is 5.32 Å². The van der Waals surface area contributed by atoms with Crippen LogP contribution in [0, 0.1) is 6.92 Å². The van der Waals surface area contributed by atoms with Gasteiger partial charge in [-0.05, 0) is 31.2 Å². The Balaban J connectivity index is 1.23. The van der Waals surface area contributed by atoms with Gasteiger partial charge in [0.15, 0.2) is 0 Å². The van der Waals surface area contributed by atoms with E-state index in [1.54, 1.807) is 28.9 Å². The van der Waals surface area contributed by atoms with Crippen molar-refractivity contribution in [2.75, 3.05) is 11.9 Å². The second-order valence-electron chi connectivity index (χ2n) is 7.40. The zero-order valence-electron chi connectivity index (χ0n) is 17.6. The average molecular weight is 459 g/mol. The van der Waals surface area contributed by atoms with Crippen LogP contribution in [0.1, 0.15) is 41.8 Å². The lowest BCUT2D eigenvalue weighted by Gasteiger charge is -2.12. The van der Waals surface area contributed by atoms with Gasteiger partial charge in [0.2, 0.25) is 5.13 Å². The molecule has 4 aromatic rings. The molecule has 10 heteroatoms. The summed E-state index contributed by atoms with van der Waals surface area (Å²) in [4.78, 5) is 38.9. The molecule has 2 aromatic carbocycles. The molecule has 0 unspecified atom stereocenters. The molecule has 0 atom stereocenters. The first-order chi connectivity index (χ1) is 16.0. The Hall–Kier alpha value is -4.18. The largest absolute Gasteiger partial charge is 0.296 e. The molecule has 0 bridgehead atoms. The number of fused-ring (bicyclic) bond motifs is 1. The zero-order chi connectivity index (χ0) is 22.9. The molecule has 3 heterocycles. The van der Waals surface area contributed by atoms with E-state index in [0.717, 1.165) is 5.69 Å². The third-order valence-electron chi connectivity index (χ3n) is 5.37. The second-order valence-corrected chi connectivity index (χ2v) is 8.47.